The van der Waals surface area contributed by atoms with Gasteiger partial charge in [0.15, 0.2) is 0 Å². The van der Waals surface area contributed by atoms with Crippen LogP contribution in [-0.2, 0) is 11.3 Å². The van der Waals surface area contributed by atoms with Crippen LogP contribution in [0.3, 0.4) is 0 Å². The maximum atomic E-state index is 13.7. The van der Waals surface area contributed by atoms with E-state index in [2.05, 4.69) is 21.2 Å². The van der Waals surface area contributed by atoms with Gasteiger partial charge in [0.1, 0.15) is 5.82 Å². The van der Waals surface area contributed by atoms with Gasteiger partial charge in [-0.25, -0.2) is 9.18 Å². The summed E-state index contributed by atoms with van der Waals surface area (Å²) >= 11 is 3.27. The number of likely N-dealkylation sites (tertiary alicyclic amines) is 1. The van der Waals surface area contributed by atoms with Crippen LogP contribution in [0, 0.1) is 17.2 Å². The van der Waals surface area contributed by atoms with Crippen molar-refractivity contribution in [3.63, 3.8) is 0 Å². The van der Waals surface area contributed by atoms with Gasteiger partial charge in [-0.15, -0.1) is 0 Å². The number of fused-ring (bicyclic) bond motifs is 1. The highest BCUT2D eigenvalue weighted by molar-refractivity contribution is 9.10. The zero-order chi connectivity index (χ0) is 16.6. The number of urea groups is 1. The molecule has 1 aliphatic heterocycles. The van der Waals surface area contributed by atoms with Crippen LogP contribution in [0.2, 0.25) is 0 Å². The van der Waals surface area contributed by atoms with E-state index in [1.165, 1.54) is 6.07 Å². The Morgan fingerprint density at radius 1 is 1.48 bits per heavy atom. The van der Waals surface area contributed by atoms with E-state index >= 15 is 0 Å². The summed E-state index contributed by atoms with van der Waals surface area (Å²) in [5.41, 5.74) is -0.404. The van der Waals surface area contributed by atoms with Crippen LogP contribution in [0.1, 0.15) is 24.8 Å². The van der Waals surface area contributed by atoms with Gasteiger partial charge < -0.3 is 15.3 Å². The van der Waals surface area contributed by atoms with Crippen molar-refractivity contribution in [2.45, 2.75) is 25.8 Å². The Morgan fingerprint density at radius 2 is 2.26 bits per heavy atom. The maximum absolute atomic E-state index is 13.7. The van der Waals surface area contributed by atoms with E-state index < -0.39 is 11.4 Å². The molecule has 0 aromatic heterocycles. The van der Waals surface area contributed by atoms with Gasteiger partial charge >= 0.3 is 12.0 Å². The van der Waals surface area contributed by atoms with E-state index in [9.17, 15) is 19.1 Å². The second-order valence-corrected chi connectivity index (χ2v) is 7.24. The van der Waals surface area contributed by atoms with Crippen molar-refractivity contribution in [2.75, 3.05) is 13.1 Å². The van der Waals surface area contributed by atoms with Crippen molar-refractivity contribution in [3.05, 3.63) is 34.1 Å². The molecule has 1 aliphatic carbocycles. The molecule has 0 spiro atoms. The number of amides is 2. The van der Waals surface area contributed by atoms with Crippen LogP contribution in [0.15, 0.2) is 22.7 Å². The highest BCUT2D eigenvalue weighted by Gasteiger charge is 2.55. The second kappa shape index (κ2) is 6.11. The van der Waals surface area contributed by atoms with Crippen LogP contribution in [0.4, 0.5) is 9.18 Å². The summed E-state index contributed by atoms with van der Waals surface area (Å²) in [5.74, 6) is -1.17. The minimum atomic E-state index is -0.812. The number of rotatable bonds is 3. The topological polar surface area (TPSA) is 69.6 Å². The second-order valence-electron chi connectivity index (χ2n) is 6.33. The maximum Gasteiger partial charge on any atom is 0.317 e. The Labute approximate surface area is 142 Å². The van der Waals surface area contributed by atoms with Gasteiger partial charge in [-0.3, -0.25) is 4.79 Å². The lowest BCUT2D eigenvalue weighted by molar-refractivity contribution is -0.149. The summed E-state index contributed by atoms with van der Waals surface area (Å²) in [5, 5.41) is 12.2. The molecule has 2 aliphatic rings. The lowest BCUT2D eigenvalue weighted by Crippen LogP contribution is -2.41. The number of hydrogen-bond acceptors (Lipinski definition) is 2. The average Bonchev–Trinajstić information content (AvgIpc) is 3.06. The molecule has 2 fully saturated rings. The summed E-state index contributed by atoms with van der Waals surface area (Å²) in [7, 11) is 0. The van der Waals surface area contributed by atoms with Gasteiger partial charge in [-0.1, -0.05) is 22.4 Å². The first-order valence-corrected chi connectivity index (χ1v) is 8.42. The Morgan fingerprint density at radius 3 is 2.96 bits per heavy atom. The molecule has 3 rings (SSSR count). The van der Waals surface area contributed by atoms with Crippen LogP contribution in [-0.4, -0.2) is 35.1 Å². The fraction of sp³-hybridized carbons (Fsp3) is 0.500. The predicted octanol–water partition coefficient (Wildman–Crippen LogP) is 2.98. The number of nitrogens with one attached hydrogen (secondary N) is 1. The average molecular weight is 385 g/mol. The van der Waals surface area contributed by atoms with Crippen LogP contribution in [0.5, 0.6) is 0 Å². The number of carboxylic acid groups (broad SMARTS) is 1. The molecule has 5 nitrogen and oxygen atoms in total. The molecule has 1 heterocycles. The molecule has 1 aromatic rings. The van der Waals surface area contributed by atoms with Crippen molar-refractivity contribution in [1.29, 1.82) is 0 Å². The summed E-state index contributed by atoms with van der Waals surface area (Å²) in [6.45, 7) is 0.768. The van der Waals surface area contributed by atoms with Crippen molar-refractivity contribution >= 4 is 27.9 Å². The number of nitrogens with zero attached hydrogens (tertiary/aromatic N) is 1. The molecule has 0 unspecified atom stereocenters. The quantitative estimate of drug-likeness (QED) is 0.841. The molecule has 1 saturated heterocycles. The summed E-state index contributed by atoms with van der Waals surface area (Å²) in [6, 6.07) is 4.22. The van der Waals surface area contributed by atoms with E-state index in [0.29, 0.717) is 18.5 Å². The lowest BCUT2D eigenvalue weighted by atomic mass is 9.81. The standard InChI is InChI=1S/C16H18BrFN2O3/c17-12-3-4-13(18)10(6-12)7-19-15(23)20-8-11-2-1-5-16(11,9-20)14(21)22/h3-4,6,11H,1-2,5,7-9H2,(H,19,23)(H,21,22)/t11-,16+/m0/s1. The van der Waals surface area contributed by atoms with Gasteiger partial charge in [0, 0.05) is 29.7 Å². The highest BCUT2D eigenvalue weighted by atomic mass is 79.9. The molecular weight excluding hydrogens is 367 g/mol. The minimum absolute atomic E-state index is 0.0216. The first kappa shape index (κ1) is 16.2. The molecule has 0 bridgehead atoms. The fourth-order valence-electron chi connectivity index (χ4n) is 3.75. The normalized spacial score (nSPS) is 26.2. The lowest BCUT2D eigenvalue weighted by Gasteiger charge is -2.23. The fourth-order valence-corrected chi connectivity index (χ4v) is 4.16. The Kier molecular flexibility index (Phi) is 4.31. The molecule has 2 atom stereocenters. The van der Waals surface area contributed by atoms with E-state index in [4.69, 9.17) is 0 Å². The molecule has 7 heteroatoms. The highest BCUT2D eigenvalue weighted by Crippen LogP contribution is 2.48. The van der Waals surface area contributed by atoms with Crippen LogP contribution in [0.25, 0.3) is 0 Å². The van der Waals surface area contributed by atoms with E-state index in [-0.39, 0.29) is 30.9 Å². The van der Waals surface area contributed by atoms with Crippen molar-refractivity contribution in [2.24, 2.45) is 11.3 Å². The molecule has 1 saturated carbocycles. The van der Waals surface area contributed by atoms with Crippen molar-refractivity contribution < 1.29 is 19.1 Å². The Balaban J connectivity index is 1.64. The van der Waals surface area contributed by atoms with Gasteiger partial charge in [0.25, 0.3) is 0 Å². The number of halogens is 2. The number of carbonyl (C=O) groups excluding carboxylic acids is 1. The Bertz CT molecular complexity index is 654. The van der Waals surface area contributed by atoms with Gasteiger partial charge in [0.2, 0.25) is 0 Å². The number of carboxylic acids is 1. The summed E-state index contributed by atoms with van der Waals surface area (Å²) in [4.78, 5) is 25.5. The SMILES string of the molecule is O=C(NCc1cc(Br)ccc1F)N1C[C@@H]2CCC[C@@]2(C(=O)O)C1. The van der Waals surface area contributed by atoms with Gasteiger partial charge in [-0.2, -0.15) is 0 Å². The largest absolute Gasteiger partial charge is 0.481 e. The molecule has 2 N–H and O–H groups in total. The first-order valence-electron chi connectivity index (χ1n) is 7.62. The minimum Gasteiger partial charge on any atom is -0.481 e. The summed E-state index contributed by atoms with van der Waals surface area (Å²) < 4.78 is 14.4. The zero-order valence-electron chi connectivity index (χ0n) is 12.5. The Hall–Kier alpha value is -1.63. The number of hydrogen-bond donors (Lipinski definition) is 2. The molecule has 0 radical (unpaired) electrons. The smallest absolute Gasteiger partial charge is 0.317 e. The summed E-state index contributed by atoms with van der Waals surface area (Å²) in [6.07, 6.45) is 2.36. The number of aliphatic carboxylic acids is 1. The van der Waals surface area contributed by atoms with Crippen molar-refractivity contribution in [1.82, 2.24) is 10.2 Å². The van der Waals surface area contributed by atoms with Crippen LogP contribution >= 0.6 is 15.9 Å². The van der Waals surface area contributed by atoms with Gasteiger partial charge in [-0.05, 0) is 37.0 Å². The molecule has 2 amide bonds. The predicted molar refractivity (Wildman–Crippen MR) is 85.3 cm³/mol. The molecule has 1 aromatic carbocycles. The number of benzene rings is 1. The third kappa shape index (κ3) is 2.94. The van der Waals surface area contributed by atoms with Gasteiger partial charge in [0.05, 0.1) is 5.41 Å². The monoisotopic (exact) mass is 384 g/mol. The van der Waals surface area contributed by atoms with E-state index in [1.54, 1.807) is 17.0 Å². The third-order valence-electron chi connectivity index (χ3n) is 5.02. The van der Waals surface area contributed by atoms with Crippen LogP contribution < -0.4 is 5.32 Å². The first-order chi connectivity index (χ1) is 10.9. The van der Waals surface area contributed by atoms with E-state index in [1.807, 2.05) is 0 Å². The number of carbonyl (C=O) groups is 2. The molecule has 23 heavy (non-hydrogen) atoms. The zero-order valence-corrected chi connectivity index (χ0v) is 14.1. The van der Waals surface area contributed by atoms with E-state index in [0.717, 1.165) is 17.3 Å². The molecule has 124 valence electrons. The third-order valence-corrected chi connectivity index (χ3v) is 5.51. The van der Waals surface area contributed by atoms with Crippen molar-refractivity contribution in [3.8, 4) is 0 Å². The molecular formula is C16H18BrFN2O3.